The largest absolute Gasteiger partial charge is 0.456 e. The van der Waals surface area contributed by atoms with E-state index in [-0.39, 0.29) is 17.5 Å². The number of ether oxygens (including phenoxy) is 1. The second kappa shape index (κ2) is 9.52. The summed E-state index contributed by atoms with van der Waals surface area (Å²) in [6, 6.07) is 6.08. The van der Waals surface area contributed by atoms with Gasteiger partial charge >= 0.3 is 5.97 Å². The van der Waals surface area contributed by atoms with Crippen LogP contribution >= 0.6 is 0 Å². The van der Waals surface area contributed by atoms with Gasteiger partial charge in [0.05, 0.1) is 4.90 Å². The second-order valence-electron chi connectivity index (χ2n) is 7.55. The minimum absolute atomic E-state index is 0.218. The van der Waals surface area contributed by atoms with Gasteiger partial charge in [0.25, 0.3) is 5.91 Å². The highest BCUT2D eigenvalue weighted by atomic mass is 32.2. The van der Waals surface area contributed by atoms with Gasteiger partial charge in [-0.2, -0.15) is 4.31 Å². The first-order valence-electron chi connectivity index (χ1n) is 10.0. The monoisotopic (exact) mass is 408 g/mol. The van der Waals surface area contributed by atoms with Crippen molar-refractivity contribution in [1.29, 1.82) is 0 Å². The summed E-state index contributed by atoms with van der Waals surface area (Å²) in [5, 5.41) is 2.62. The van der Waals surface area contributed by atoms with Crippen LogP contribution in [0.3, 0.4) is 0 Å². The number of sulfonamides is 1. The zero-order chi connectivity index (χ0) is 20.0. The van der Waals surface area contributed by atoms with Crippen LogP contribution in [0, 0.1) is 5.92 Å². The molecule has 1 aliphatic carbocycles. The van der Waals surface area contributed by atoms with Gasteiger partial charge in [-0.05, 0) is 55.9 Å². The van der Waals surface area contributed by atoms with Crippen molar-refractivity contribution in [2.24, 2.45) is 5.92 Å². The standard InChI is InChI=1S/C20H28N2O5S/c23-19(15-27-20(24)14-16-6-2-3-7-16)21-17-8-10-18(11-9-17)28(25,26)22-12-4-1-5-13-22/h8-11,16H,1-7,12-15H2,(H,21,23). The van der Waals surface area contributed by atoms with Gasteiger partial charge in [-0.25, -0.2) is 8.42 Å². The SMILES string of the molecule is O=C(COC(=O)CC1CCCC1)Nc1ccc(S(=O)(=O)N2CCCCC2)cc1. The summed E-state index contributed by atoms with van der Waals surface area (Å²) in [4.78, 5) is 24.0. The number of carbonyl (C=O) groups is 2. The normalized spacial score (nSPS) is 18.7. The van der Waals surface area contributed by atoms with Crippen molar-refractivity contribution < 1.29 is 22.7 Å². The van der Waals surface area contributed by atoms with Crippen LogP contribution in [0.25, 0.3) is 0 Å². The summed E-state index contributed by atoms with van der Waals surface area (Å²) in [7, 11) is -3.49. The average Bonchev–Trinajstić information content (AvgIpc) is 3.20. The number of amides is 1. The number of anilines is 1. The molecule has 1 saturated carbocycles. The van der Waals surface area contributed by atoms with Gasteiger partial charge in [0.2, 0.25) is 10.0 Å². The molecule has 0 aromatic heterocycles. The van der Waals surface area contributed by atoms with Gasteiger partial charge in [0, 0.05) is 25.2 Å². The predicted molar refractivity (Wildman–Crippen MR) is 105 cm³/mol. The Hall–Kier alpha value is -1.93. The topological polar surface area (TPSA) is 92.8 Å². The molecule has 0 spiro atoms. The molecule has 2 aliphatic rings. The fourth-order valence-electron chi connectivity index (χ4n) is 3.82. The number of hydrogen-bond donors (Lipinski definition) is 1. The van der Waals surface area contributed by atoms with Crippen LogP contribution in [0.1, 0.15) is 51.4 Å². The third kappa shape index (κ3) is 5.54. The second-order valence-corrected chi connectivity index (χ2v) is 9.49. The lowest BCUT2D eigenvalue weighted by molar-refractivity contribution is -0.148. The average molecular weight is 409 g/mol. The van der Waals surface area contributed by atoms with Crippen molar-refractivity contribution >= 4 is 27.6 Å². The molecule has 0 bridgehead atoms. The fourth-order valence-corrected chi connectivity index (χ4v) is 5.33. The van der Waals surface area contributed by atoms with E-state index >= 15 is 0 Å². The number of benzene rings is 1. The van der Waals surface area contributed by atoms with Crippen LogP contribution in [-0.2, 0) is 24.3 Å². The highest BCUT2D eigenvalue weighted by molar-refractivity contribution is 7.89. The van der Waals surface area contributed by atoms with E-state index in [1.807, 2.05) is 0 Å². The lowest BCUT2D eigenvalue weighted by Gasteiger charge is -2.25. The van der Waals surface area contributed by atoms with Gasteiger partial charge in [-0.1, -0.05) is 19.3 Å². The Morgan fingerprint density at radius 1 is 1.00 bits per heavy atom. The number of nitrogens with zero attached hydrogens (tertiary/aromatic N) is 1. The fraction of sp³-hybridized carbons (Fsp3) is 0.600. The molecule has 0 unspecified atom stereocenters. The smallest absolute Gasteiger partial charge is 0.306 e. The van der Waals surface area contributed by atoms with Crippen LogP contribution in [0.2, 0.25) is 0 Å². The Morgan fingerprint density at radius 3 is 2.29 bits per heavy atom. The molecule has 0 atom stereocenters. The first kappa shape index (κ1) is 20.8. The molecule has 1 aromatic rings. The van der Waals surface area contributed by atoms with Crippen molar-refractivity contribution in [2.75, 3.05) is 25.0 Å². The molecule has 7 nitrogen and oxygen atoms in total. The van der Waals surface area contributed by atoms with Crippen LogP contribution in [0.15, 0.2) is 29.2 Å². The van der Waals surface area contributed by atoms with E-state index in [0.29, 0.717) is 31.1 Å². The van der Waals surface area contributed by atoms with E-state index in [0.717, 1.165) is 44.9 Å². The molecule has 3 rings (SSSR count). The highest BCUT2D eigenvalue weighted by Crippen LogP contribution is 2.27. The lowest BCUT2D eigenvalue weighted by Crippen LogP contribution is -2.35. The molecule has 0 radical (unpaired) electrons. The molecule has 1 heterocycles. The number of piperidine rings is 1. The van der Waals surface area contributed by atoms with Crippen molar-refractivity contribution in [1.82, 2.24) is 4.31 Å². The lowest BCUT2D eigenvalue weighted by atomic mass is 10.1. The molecular formula is C20H28N2O5S. The van der Waals surface area contributed by atoms with E-state index in [1.165, 1.54) is 16.4 Å². The summed E-state index contributed by atoms with van der Waals surface area (Å²) in [6.07, 6.45) is 7.60. The molecular weight excluding hydrogens is 380 g/mol. The Labute approximate surface area is 166 Å². The van der Waals surface area contributed by atoms with Gasteiger partial charge in [-0.3, -0.25) is 9.59 Å². The molecule has 28 heavy (non-hydrogen) atoms. The molecule has 154 valence electrons. The minimum atomic E-state index is -3.49. The zero-order valence-electron chi connectivity index (χ0n) is 16.1. The molecule has 1 N–H and O–H groups in total. The van der Waals surface area contributed by atoms with E-state index in [9.17, 15) is 18.0 Å². The highest BCUT2D eigenvalue weighted by Gasteiger charge is 2.25. The van der Waals surface area contributed by atoms with Crippen LogP contribution in [-0.4, -0.2) is 44.3 Å². The molecule has 1 saturated heterocycles. The number of nitrogens with one attached hydrogen (secondary N) is 1. The molecule has 1 aliphatic heterocycles. The number of rotatable bonds is 7. The summed E-state index contributed by atoms with van der Waals surface area (Å²) in [5.74, 6) is -0.401. The van der Waals surface area contributed by atoms with Crippen molar-refractivity contribution in [3.8, 4) is 0 Å². The van der Waals surface area contributed by atoms with E-state index in [4.69, 9.17) is 4.74 Å². The number of carbonyl (C=O) groups excluding carboxylic acids is 2. The van der Waals surface area contributed by atoms with Gasteiger partial charge < -0.3 is 10.1 Å². The van der Waals surface area contributed by atoms with Crippen LogP contribution in [0.4, 0.5) is 5.69 Å². The number of esters is 1. The Bertz CT molecular complexity index is 779. The summed E-state index contributed by atoms with van der Waals surface area (Å²) in [6.45, 7) is 0.763. The van der Waals surface area contributed by atoms with Gasteiger partial charge in [0.15, 0.2) is 6.61 Å². The van der Waals surface area contributed by atoms with E-state index in [2.05, 4.69) is 5.32 Å². The van der Waals surface area contributed by atoms with E-state index < -0.39 is 15.9 Å². The molecule has 2 fully saturated rings. The van der Waals surface area contributed by atoms with Crippen molar-refractivity contribution in [3.63, 3.8) is 0 Å². The van der Waals surface area contributed by atoms with Crippen LogP contribution in [0.5, 0.6) is 0 Å². The third-order valence-corrected chi connectivity index (χ3v) is 7.30. The zero-order valence-corrected chi connectivity index (χ0v) is 16.9. The third-order valence-electron chi connectivity index (χ3n) is 5.39. The van der Waals surface area contributed by atoms with Crippen LogP contribution < -0.4 is 5.32 Å². The maximum atomic E-state index is 12.6. The first-order chi connectivity index (χ1) is 13.4. The summed E-state index contributed by atoms with van der Waals surface area (Å²) >= 11 is 0. The quantitative estimate of drug-likeness (QED) is 0.700. The minimum Gasteiger partial charge on any atom is -0.456 e. The van der Waals surface area contributed by atoms with Gasteiger partial charge in [-0.15, -0.1) is 0 Å². The molecule has 1 amide bonds. The summed E-state index contributed by atoms with van der Waals surface area (Å²) < 4.78 is 31.8. The Morgan fingerprint density at radius 2 is 1.64 bits per heavy atom. The Kier molecular flexibility index (Phi) is 7.07. The maximum Gasteiger partial charge on any atom is 0.306 e. The molecule has 1 aromatic carbocycles. The molecule has 8 heteroatoms. The predicted octanol–water partition coefficient (Wildman–Crippen LogP) is 2.92. The first-order valence-corrected chi connectivity index (χ1v) is 11.4. The maximum absolute atomic E-state index is 12.6. The summed E-state index contributed by atoms with van der Waals surface area (Å²) in [5.41, 5.74) is 0.467. The van der Waals surface area contributed by atoms with Crippen molar-refractivity contribution in [3.05, 3.63) is 24.3 Å². The number of hydrogen-bond acceptors (Lipinski definition) is 5. The van der Waals surface area contributed by atoms with Crippen molar-refractivity contribution in [2.45, 2.75) is 56.3 Å². The van der Waals surface area contributed by atoms with Gasteiger partial charge in [0.1, 0.15) is 0 Å². The Balaban J connectivity index is 1.48. The van der Waals surface area contributed by atoms with E-state index in [1.54, 1.807) is 12.1 Å².